The zero-order valence-electron chi connectivity index (χ0n) is 11.2. The molecule has 0 aliphatic carbocycles. The van der Waals surface area contributed by atoms with Crippen molar-refractivity contribution >= 4 is 31.7 Å². The number of aromatic carboxylic acids is 1. The average Bonchev–Trinajstić information content (AvgIpc) is 2.85. The molecule has 8 heteroatoms. The van der Waals surface area contributed by atoms with Crippen LogP contribution in [0.2, 0.25) is 0 Å². The third kappa shape index (κ3) is 3.51. The standard InChI is InChI=1S/C13H13BrN2O4S/c1-2-16-7-9(6-15-16)8-21(19,20)12-5-10(14)3-4-11(12)13(17)18/h3-7H,2,8H2,1H3,(H,17,18). The molecule has 0 aliphatic heterocycles. The first-order chi connectivity index (χ1) is 9.83. The number of aromatic nitrogens is 2. The maximum absolute atomic E-state index is 12.5. The second kappa shape index (κ2) is 5.98. The summed E-state index contributed by atoms with van der Waals surface area (Å²) in [5.41, 5.74) is 0.286. The first-order valence-corrected chi connectivity index (χ1v) is 8.55. The van der Waals surface area contributed by atoms with Gasteiger partial charge in [0.2, 0.25) is 0 Å². The summed E-state index contributed by atoms with van der Waals surface area (Å²) in [6.07, 6.45) is 3.11. The molecule has 1 N–H and O–H groups in total. The fourth-order valence-corrected chi connectivity index (χ4v) is 3.93. The monoisotopic (exact) mass is 372 g/mol. The van der Waals surface area contributed by atoms with Gasteiger partial charge in [0.1, 0.15) is 0 Å². The van der Waals surface area contributed by atoms with E-state index in [4.69, 9.17) is 5.11 Å². The Morgan fingerprint density at radius 3 is 2.71 bits per heavy atom. The normalized spacial score (nSPS) is 11.5. The van der Waals surface area contributed by atoms with E-state index in [2.05, 4.69) is 21.0 Å². The molecule has 0 spiro atoms. The van der Waals surface area contributed by atoms with Gasteiger partial charge >= 0.3 is 5.97 Å². The van der Waals surface area contributed by atoms with Crippen LogP contribution in [-0.4, -0.2) is 29.3 Å². The lowest BCUT2D eigenvalue weighted by Gasteiger charge is -2.07. The number of halogens is 1. The van der Waals surface area contributed by atoms with Crippen LogP contribution in [-0.2, 0) is 22.1 Å². The lowest BCUT2D eigenvalue weighted by atomic mass is 10.2. The number of nitrogens with zero attached hydrogens (tertiary/aromatic N) is 2. The van der Waals surface area contributed by atoms with Gasteiger partial charge in [-0.2, -0.15) is 5.10 Å². The Balaban J connectivity index is 2.43. The van der Waals surface area contributed by atoms with Crippen LogP contribution in [0.15, 0.2) is 40.0 Å². The van der Waals surface area contributed by atoms with Gasteiger partial charge in [0.15, 0.2) is 9.84 Å². The molecule has 112 valence electrons. The van der Waals surface area contributed by atoms with Gasteiger partial charge in [-0.25, -0.2) is 13.2 Å². The van der Waals surface area contributed by atoms with Gasteiger partial charge in [-0.1, -0.05) is 15.9 Å². The Hall–Kier alpha value is -1.67. The minimum atomic E-state index is -3.77. The number of carbonyl (C=O) groups is 1. The number of sulfone groups is 1. The van der Waals surface area contributed by atoms with E-state index in [0.29, 0.717) is 16.6 Å². The number of aryl methyl sites for hydroxylation is 1. The molecule has 1 aromatic carbocycles. The first kappa shape index (κ1) is 15.7. The van der Waals surface area contributed by atoms with E-state index < -0.39 is 15.8 Å². The minimum Gasteiger partial charge on any atom is -0.478 e. The minimum absolute atomic E-state index is 0.200. The van der Waals surface area contributed by atoms with E-state index in [0.717, 1.165) is 0 Å². The Kier molecular flexibility index (Phi) is 4.48. The fraction of sp³-hybridized carbons (Fsp3) is 0.231. The van der Waals surface area contributed by atoms with Crippen molar-refractivity contribution in [2.24, 2.45) is 0 Å². The van der Waals surface area contributed by atoms with E-state index in [-0.39, 0.29) is 16.2 Å². The zero-order chi connectivity index (χ0) is 15.6. The lowest BCUT2D eigenvalue weighted by molar-refractivity contribution is 0.0692. The molecular weight excluding hydrogens is 360 g/mol. The number of carboxylic acid groups (broad SMARTS) is 1. The number of benzene rings is 1. The number of hydrogen-bond donors (Lipinski definition) is 1. The molecule has 0 radical (unpaired) electrons. The van der Waals surface area contributed by atoms with Gasteiger partial charge in [0.05, 0.1) is 22.4 Å². The molecule has 0 saturated carbocycles. The van der Waals surface area contributed by atoms with Crippen molar-refractivity contribution in [2.45, 2.75) is 24.1 Å². The molecule has 2 rings (SSSR count). The van der Waals surface area contributed by atoms with Crippen molar-refractivity contribution in [3.8, 4) is 0 Å². The molecule has 0 atom stereocenters. The summed E-state index contributed by atoms with van der Waals surface area (Å²) in [4.78, 5) is 11.0. The largest absolute Gasteiger partial charge is 0.478 e. The van der Waals surface area contributed by atoms with Crippen molar-refractivity contribution in [3.63, 3.8) is 0 Å². The maximum Gasteiger partial charge on any atom is 0.337 e. The molecule has 6 nitrogen and oxygen atoms in total. The molecule has 2 aromatic rings. The predicted molar refractivity (Wildman–Crippen MR) is 79.9 cm³/mol. The predicted octanol–water partition coefficient (Wildman–Crippen LogP) is 2.34. The van der Waals surface area contributed by atoms with Crippen LogP contribution in [0.4, 0.5) is 0 Å². The second-order valence-electron chi connectivity index (χ2n) is 4.41. The summed E-state index contributed by atoms with van der Waals surface area (Å²) in [5, 5.41) is 13.1. The van der Waals surface area contributed by atoms with E-state index in [1.807, 2.05) is 6.92 Å². The van der Waals surface area contributed by atoms with E-state index in [1.165, 1.54) is 24.4 Å². The highest BCUT2D eigenvalue weighted by Crippen LogP contribution is 2.24. The number of hydrogen-bond acceptors (Lipinski definition) is 4. The Bertz CT molecular complexity index is 783. The summed E-state index contributed by atoms with van der Waals surface area (Å²) in [7, 11) is -3.77. The van der Waals surface area contributed by atoms with Crippen LogP contribution in [0.5, 0.6) is 0 Å². The highest BCUT2D eigenvalue weighted by Gasteiger charge is 2.23. The highest BCUT2D eigenvalue weighted by molar-refractivity contribution is 9.10. The van der Waals surface area contributed by atoms with Crippen LogP contribution in [0.3, 0.4) is 0 Å². The Labute approximate surface area is 130 Å². The molecule has 0 fully saturated rings. The van der Waals surface area contributed by atoms with Crippen molar-refractivity contribution < 1.29 is 18.3 Å². The highest BCUT2D eigenvalue weighted by atomic mass is 79.9. The van der Waals surface area contributed by atoms with Crippen LogP contribution < -0.4 is 0 Å². The molecule has 1 heterocycles. The average molecular weight is 373 g/mol. The SMILES string of the molecule is CCn1cc(CS(=O)(=O)c2cc(Br)ccc2C(=O)O)cn1. The van der Waals surface area contributed by atoms with Gasteiger partial charge < -0.3 is 5.11 Å². The smallest absolute Gasteiger partial charge is 0.337 e. The molecule has 1 aromatic heterocycles. The second-order valence-corrected chi connectivity index (χ2v) is 7.28. The van der Waals surface area contributed by atoms with Crippen molar-refractivity contribution in [1.82, 2.24) is 9.78 Å². The molecular formula is C13H13BrN2O4S. The molecule has 21 heavy (non-hydrogen) atoms. The van der Waals surface area contributed by atoms with Crippen LogP contribution in [0.1, 0.15) is 22.8 Å². The van der Waals surface area contributed by atoms with E-state index >= 15 is 0 Å². The third-order valence-electron chi connectivity index (χ3n) is 2.88. The van der Waals surface area contributed by atoms with Gasteiger partial charge in [-0.15, -0.1) is 0 Å². The van der Waals surface area contributed by atoms with Crippen molar-refractivity contribution in [1.29, 1.82) is 0 Å². The topological polar surface area (TPSA) is 89.3 Å². The molecule has 0 bridgehead atoms. The maximum atomic E-state index is 12.5. The third-order valence-corrected chi connectivity index (χ3v) is 5.09. The summed E-state index contributed by atoms with van der Waals surface area (Å²) in [6, 6.07) is 4.08. The quantitative estimate of drug-likeness (QED) is 0.869. The van der Waals surface area contributed by atoms with Gasteiger partial charge in [0, 0.05) is 22.8 Å². The van der Waals surface area contributed by atoms with Gasteiger partial charge in [0.25, 0.3) is 0 Å². The van der Waals surface area contributed by atoms with Crippen LogP contribution in [0.25, 0.3) is 0 Å². The summed E-state index contributed by atoms with van der Waals surface area (Å²) < 4.78 is 27.0. The van der Waals surface area contributed by atoms with Crippen LogP contribution >= 0.6 is 15.9 Å². The van der Waals surface area contributed by atoms with Crippen molar-refractivity contribution in [2.75, 3.05) is 0 Å². The first-order valence-electron chi connectivity index (χ1n) is 6.10. The zero-order valence-corrected chi connectivity index (χ0v) is 13.6. The lowest BCUT2D eigenvalue weighted by Crippen LogP contribution is -2.11. The number of carboxylic acids is 1. The number of rotatable bonds is 5. The molecule has 0 unspecified atom stereocenters. The van der Waals surface area contributed by atoms with E-state index in [9.17, 15) is 13.2 Å². The molecule has 0 amide bonds. The molecule has 0 saturated heterocycles. The van der Waals surface area contributed by atoms with Gasteiger partial charge in [-0.3, -0.25) is 4.68 Å². The summed E-state index contributed by atoms with van der Waals surface area (Å²) in [5.74, 6) is -1.56. The Morgan fingerprint density at radius 2 is 2.14 bits per heavy atom. The van der Waals surface area contributed by atoms with Crippen molar-refractivity contribution in [3.05, 3.63) is 46.2 Å². The Morgan fingerprint density at radius 1 is 1.43 bits per heavy atom. The fourth-order valence-electron chi connectivity index (χ4n) is 1.88. The van der Waals surface area contributed by atoms with Gasteiger partial charge in [-0.05, 0) is 25.1 Å². The van der Waals surface area contributed by atoms with Crippen LogP contribution in [0, 0.1) is 0 Å². The summed E-state index contributed by atoms with van der Waals surface area (Å²) in [6.45, 7) is 2.53. The summed E-state index contributed by atoms with van der Waals surface area (Å²) >= 11 is 3.16. The molecule has 0 aliphatic rings. The van der Waals surface area contributed by atoms with E-state index in [1.54, 1.807) is 10.9 Å².